The molecular formula is C22H27N5O2. The first kappa shape index (κ1) is 19.4. The number of carbonyl (C=O) groups is 1. The maximum Gasteiger partial charge on any atom is 0.263 e. The van der Waals surface area contributed by atoms with Crippen molar-refractivity contribution in [3.63, 3.8) is 0 Å². The quantitative estimate of drug-likeness (QED) is 0.680. The Hall–Kier alpha value is -2.96. The van der Waals surface area contributed by atoms with E-state index in [1.807, 2.05) is 31.2 Å². The van der Waals surface area contributed by atoms with Gasteiger partial charge in [-0.05, 0) is 44.2 Å². The highest BCUT2D eigenvalue weighted by molar-refractivity contribution is 5.92. The number of nitrogens with one attached hydrogen (secondary N) is 1. The van der Waals surface area contributed by atoms with Crippen LogP contribution in [0.15, 0.2) is 28.8 Å². The van der Waals surface area contributed by atoms with Gasteiger partial charge in [0.15, 0.2) is 0 Å². The summed E-state index contributed by atoms with van der Waals surface area (Å²) in [7, 11) is 0. The second-order valence-electron chi connectivity index (χ2n) is 7.52. The number of benzene rings is 1. The van der Waals surface area contributed by atoms with Gasteiger partial charge in [0.2, 0.25) is 5.91 Å². The van der Waals surface area contributed by atoms with Gasteiger partial charge in [-0.1, -0.05) is 30.3 Å². The van der Waals surface area contributed by atoms with Crippen LogP contribution < -0.4 is 10.2 Å². The molecule has 1 fully saturated rings. The molecule has 0 spiro atoms. The lowest BCUT2D eigenvalue weighted by atomic mass is 10.1. The molecule has 0 bridgehead atoms. The molecule has 7 nitrogen and oxygen atoms in total. The Balaban J connectivity index is 1.51. The summed E-state index contributed by atoms with van der Waals surface area (Å²) in [6.45, 7) is 5.95. The number of aryl methyl sites for hydroxylation is 3. The zero-order chi connectivity index (χ0) is 20.2. The van der Waals surface area contributed by atoms with Crippen LogP contribution in [0.4, 0.5) is 11.5 Å². The SMILES string of the molecule is CCc1ccccc1NC(=O)CCc1nc(N2CCCCC2)c2c(C)noc2n1. The molecule has 4 rings (SSSR count). The van der Waals surface area contributed by atoms with Gasteiger partial charge in [0.1, 0.15) is 17.0 Å². The average molecular weight is 393 g/mol. The summed E-state index contributed by atoms with van der Waals surface area (Å²) in [6.07, 6.45) is 5.21. The van der Waals surface area contributed by atoms with E-state index in [1.165, 1.54) is 6.42 Å². The summed E-state index contributed by atoms with van der Waals surface area (Å²) in [5, 5.41) is 7.98. The molecule has 7 heteroatoms. The van der Waals surface area contributed by atoms with Crippen molar-refractivity contribution in [1.82, 2.24) is 15.1 Å². The first-order valence-corrected chi connectivity index (χ1v) is 10.4. The number of fused-ring (bicyclic) bond motifs is 1. The molecule has 3 heterocycles. The summed E-state index contributed by atoms with van der Waals surface area (Å²) < 4.78 is 5.43. The van der Waals surface area contributed by atoms with Crippen LogP contribution in [0.2, 0.25) is 0 Å². The van der Waals surface area contributed by atoms with Crippen LogP contribution in [0.3, 0.4) is 0 Å². The number of amides is 1. The van der Waals surface area contributed by atoms with E-state index in [1.54, 1.807) is 0 Å². The summed E-state index contributed by atoms with van der Waals surface area (Å²) >= 11 is 0. The van der Waals surface area contributed by atoms with Gasteiger partial charge in [0, 0.05) is 31.6 Å². The number of piperidine rings is 1. The van der Waals surface area contributed by atoms with Crippen LogP contribution in [-0.2, 0) is 17.6 Å². The standard InChI is InChI=1S/C22H27N5O2/c1-3-16-9-5-6-10-17(16)23-19(28)12-11-18-24-21(27-13-7-4-8-14-27)20-15(2)26-29-22(20)25-18/h5-6,9-10H,3-4,7-8,11-14H2,1-2H3,(H,23,28). The van der Waals surface area contributed by atoms with Crippen LogP contribution in [0, 0.1) is 6.92 Å². The third-order valence-corrected chi connectivity index (χ3v) is 5.44. The fourth-order valence-electron chi connectivity index (χ4n) is 3.85. The molecule has 1 aromatic carbocycles. The minimum absolute atomic E-state index is 0.0390. The first-order chi connectivity index (χ1) is 14.2. The fraction of sp³-hybridized carbons (Fsp3) is 0.455. The van der Waals surface area contributed by atoms with Gasteiger partial charge in [0.05, 0.1) is 5.69 Å². The van der Waals surface area contributed by atoms with Crippen LogP contribution in [0.5, 0.6) is 0 Å². The normalized spacial score (nSPS) is 14.3. The molecule has 0 radical (unpaired) electrons. The van der Waals surface area contributed by atoms with Crippen LogP contribution in [-0.4, -0.2) is 34.1 Å². The van der Waals surface area contributed by atoms with E-state index in [-0.39, 0.29) is 5.91 Å². The maximum atomic E-state index is 12.5. The van der Waals surface area contributed by atoms with E-state index in [4.69, 9.17) is 9.51 Å². The molecule has 29 heavy (non-hydrogen) atoms. The molecule has 1 saturated heterocycles. The van der Waals surface area contributed by atoms with Crippen LogP contribution in [0.25, 0.3) is 11.1 Å². The fourth-order valence-corrected chi connectivity index (χ4v) is 3.85. The topological polar surface area (TPSA) is 84.2 Å². The number of carbonyl (C=O) groups excluding carboxylic acids is 1. The third kappa shape index (κ3) is 4.23. The van der Waals surface area contributed by atoms with Crippen molar-refractivity contribution in [2.75, 3.05) is 23.3 Å². The molecule has 0 saturated carbocycles. The minimum Gasteiger partial charge on any atom is -0.356 e. The number of hydrogen-bond donors (Lipinski definition) is 1. The van der Waals surface area contributed by atoms with Crippen LogP contribution in [0.1, 0.15) is 49.7 Å². The Morgan fingerprint density at radius 1 is 1.17 bits per heavy atom. The van der Waals surface area contributed by atoms with Gasteiger partial charge in [-0.2, -0.15) is 4.98 Å². The molecule has 0 unspecified atom stereocenters. The second-order valence-corrected chi connectivity index (χ2v) is 7.52. The molecule has 0 aliphatic carbocycles. The van der Waals surface area contributed by atoms with E-state index in [9.17, 15) is 4.79 Å². The molecule has 1 aliphatic rings. The Morgan fingerprint density at radius 3 is 2.76 bits per heavy atom. The van der Waals surface area contributed by atoms with Gasteiger partial charge in [-0.15, -0.1) is 0 Å². The van der Waals surface area contributed by atoms with E-state index >= 15 is 0 Å². The molecule has 1 aliphatic heterocycles. The smallest absolute Gasteiger partial charge is 0.263 e. The predicted molar refractivity (Wildman–Crippen MR) is 113 cm³/mol. The van der Waals surface area contributed by atoms with Crippen molar-refractivity contribution in [3.05, 3.63) is 41.3 Å². The highest BCUT2D eigenvalue weighted by atomic mass is 16.5. The number of aromatic nitrogens is 3. The van der Waals surface area contributed by atoms with Gasteiger partial charge < -0.3 is 14.7 Å². The van der Waals surface area contributed by atoms with Crippen molar-refractivity contribution in [2.45, 2.75) is 52.4 Å². The summed E-state index contributed by atoms with van der Waals surface area (Å²) in [6, 6.07) is 7.89. The Morgan fingerprint density at radius 2 is 1.97 bits per heavy atom. The van der Waals surface area contributed by atoms with Gasteiger partial charge in [-0.3, -0.25) is 4.79 Å². The number of hydrogen-bond acceptors (Lipinski definition) is 6. The van der Waals surface area contributed by atoms with Crippen molar-refractivity contribution < 1.29 is 9.32 Å². The monoisotopic (exact) mass is 393 g/mol. The third-order valence-electron chi connectivity index (χ3n) is 5.44. The Kier molecular flexibility index (Phi) is 5.74. The van der Waals surface area contributed by atoms with Crippen LogP contribution >= 0.6 is 0 Å². The highest BCUT2D eigenvalue weighted by Gasteiger charge is 2.21. The lowest BCUT2D eigenvalue weighted by Crippen LogP contribution is -2.30. The Labute approximate surface area is 170 Å². The lowest BCUT2D eigenvalue weighted by Gasteiger charge is -2.28. The maximum absolute atomic E-state index is 12.5. The van der Waals surface area contributed by atoms with Gasteiger partial charge in [-0.25, -0.2) is 4.98 Å². The number of anilines is 2. The first-order valence-electron chi connectivity index (χ1n) is 10.4. The summed E-state index contributed by atoms with van der Waals surface area (Å²) in [4.78, 5) is 24.1. The van der Waals surface area contributed by atoms with Crippen molar-refractivity contribution in [2.24, 2.45) is 0 Å². The van der Waals surface area contributed by atoms with E-state index in [0.29, 0.717) is 24.4 Å². The summed E-state index contributed by atoms with van der Waals surface area (Å²) in [5.41, 5.74) is 3.31. The van der Waals surface area contributed by atoms with E-state index < -0.39 is 0 Å². The van der Waals surface area contributed by atoms with Crippen molar-refractivity contribution in [1.29, 1.82) is 0 Å². The predicted octanol–water partition coefficient (Wildman–Crippen LogP) is 4.05. The van der Waals surface area contributed by atoms with Gasteiger partial charge in [0.25, 0.3) is 5.71 Å². The highest BCUT2D eigenvalue weighted by Crippen LogP contribution is 2.29. The summed E-state index contributed by atoms with van der Waals surface area (Å²) in [5.74, 6) is 1.47. The lowest BCUT2D eigenvalue weighted by molar-refractivity contribution is -0.116. The largest absolute Gasteiger partial charge is 0.356 e. The molecule has 0 atom stereocenters. The Bertz CT molecular complexity index is 1010. The average Bonchev–Trinajstić information content (AvgIpc) is 3.13. The zero-order valence-electron chi connectivity index (χ0n) is 17.1. The number of rotatable bonds is 6. The molecule has 1 N–H and O–H groups in total. The second kappa shape index (κ2) is 8.59. The molecule has 2 aromatic heterocycles. The zero-order valence-corrected chi connectivity index (χ0v) is 17.1. The molecule has 3 aromatic rings. The number of nitrogens with zero attached hydrogens (tertiary/aromatic N) is 4. The molecular weight excluding hydrogens is 366 g/mol. The van der Waals surface area contributed by atoms with Gasteiger partial charge >= 0.3 is 0 Å². The van der Waals surface area contributed by atoms with E-state index in [0.717, 1.165) is 60.5 Å². The van der Waals surface area contributed by atoms with E-state index in [2.05, 4.69) is 27.3 Å². The minimum atomic E-state index is -0.0390. The van der Waals surface area contributed by atoms with Crippen molar-refractivity contribution >= 4 is 28.5 Å². The van der Waals surface area contributed by atoms with Crippen molar-refractivity contribution in [3.8, 4) is 0 Å². The molecule has 152 valence electrons. The number of para-hydroxylation sites is 1. The molecule has 1 amide bonds.